The molecule has 2 aromatic carbocycles. The van der Waals surface area contributed by atoms with Crippen molar-refractivity contribution in [2.45, 2.75) is 32.2 Å². The summed E-state index contributed by atoms with van der Waals surface area (Å²) in [7, 11) is 0. The molecule has 0 bridgehead atoms. The quantitative estimate of drug-likeness (QED) is 0.539. The molecule has 156 valence electrons. The van der Waals surface area contributed by atoms with Gasteiger partial charge in [-0.3, -0.25) is 9.59 Å². The number of hydrogen-bond acceptors (Lipinski definition) is 4. The smallest absolute Gasteiger partial charge is 0.293 e. The molecule has 1 amide bonds. The highest BCUT2D eigenvalue weighted by atomic mass is 19.1. The molecule has 0 unspecified atom stereocenters. The third-order valence-corrected chi connectivity index (χ3v) is 5.46. The molecule has 4 aromatic rings. The Hall–Kier alpha value is -3.81. The molecule has 5 rings (SSSR count). The first-order chi connectivity index (χ1) is 15.0. The minimum Gasteiger partial charge on any atom is -0.324 e. The van der Waals surface area contributed by atoms with Gasteiger partial charge in [-0.05, 0) is 55.7 Å². The normalized spacial score (nSPS) is 13.5. The number of para-hydroxylation sites is 1. The van der Waals surface area contributed by atoms with E-state index in [0.717, 1.165) is 24.1 Å². The van der Waals surface area contributed by atoms with Crippen LogP contribution in [0.3, 0.4) is 0 Å². The zero-order chi connectivity index (χ0) is 21.5. The molecule has 0 saturated heterocycles. The van der Waals surface area contributed by atoms with E-state index in [1.165, 1.54) is 21.5 Å². The van der Waals surface area contributed by atoms with E-state index in [-0.39, 0.29) is 24.2 Å². The molecule has 1 aliphatic carbocycles. The van der Waals surface area contributed by atoms with Gasteiger partial charge in [0.1, 0.15) is 17.9 Å². The lowest BCUT2D eigenvalue weighted by Crippen LogP contribution is -2.31. The van der Waals surface area contributed by atoms with Crippen LogP contribution < -0.4 is 10.9 Å². The average Bonchev–Trinajstić information content (AvgIpc) is 3.50. The Bertz CT molecular complexity index is 1350. The maximum Gasteiger partial charge on any atom is 0.293 e. The fourth-order valence-corrected chi connectivity index (χ4v) is 3.68. The Kier molecular flexibility index (Phi) is 4.62. The lowest BCUT2D eigenvalue weighted by molar-refractivity contribution is -0.117. The average molecular weight is 417 g/mol. The predicted octanol–water partition coefficient (Wildman–Crippen LogP) is 3.55. The first-order valence-corrected chi connectivity index (χ1v) is 10.1. The van der Waals surface area contributed by atoms with E-state index in [9.17, 15) is 14.0 Å². The monoisotopic (exact) mass is 417 g/mol. The molecule has 1 saturated carbocycles. The second-order valence-electron chi connectivity index (χ2n) is 7.78. The van der Waals surface area contributed by atoms with Crippen LogP contribution in [-0.2, 0) is 11.3 Å². The van der Waals surface area contributed by atoms with Crippen LogP contribution in [0.15, 0.2) is 59.5 Å². The van der Waals surface area contributed by atoms with Crippen molar-refractivity contribution in [3.8, 4) is 5.69 Å². The van der Waals surface area contributed by atoms with E-state index < -0.39 is 5.56 Å². The molecule has 7 nitrogen and oxygen atoms in total. The minimum atomic E-state index is -0.416. The number of nitrogens with one attached hydrogen (secondary N) is 1. The summed E-state index contributed by atoms with van der Waals surface area (Å²) in [6.45, 7) is 1.69. The third-order valence-electron chi connectivity index (χ3n) is 5.46. The molecule has 1 N–H and O–H groups in total. The number of rotatable bonds is 5. The Morgan fingerprint density at radius 1 is 1.16 bits per heavy atom. The van der Waals surface area contributed by atoms with Crippen molar-refractivity contribution < 1.29 is 9.18 Å². The van der Waals surface area contributed by atoms with Crippen LogP contribution in [-0.4, -0.2) is 25.5 Å². The van der Waals surface area contributed by atoms with Crippen molar-refractivity contribution in [2.75, 3.05) is 5.32 Å². The lowest BCUT2D eigenvalue weighted by atomic mass is 10.2. The number of fused-ring (bicyclic) bond motifs is 1. The number of amides is 1. The van der Waals surface area contributed by atoms with Gasteiger partial charge in [-0.2, -0.15) is 10.2 Å². The van der Waals surface area contributed by atoms with Gasteiger partial charge in [0.25, 0.3) is 5.56 Å². The number of aryl methyl sites for hydroxylation is 1. The number of halogens is 1. The summed E-state index contributed by atoms with van der Waals surface area (Å²) >= 11 is 0. The molecular formula is C23H20FN5O2. The van der Waals surface area contributed by atoms with Gasteiger partial charge in [0, 0.05) is 17.0 Å². The van der Waals surface area contributed by atoms with Crippen LogP contribution in [0.1, 0.15) is 30.0 Å². The van der Waals surface area contributed by atoms with Crippen molar-refractivity contribution in [1.82, 2.24) is 19.6 Å². The van der Waals surface area contributed by atoms with Gasteiger partial charge in [-0.25, -0.2) is 13.8 Å². The second kappa shape index (κ2) is 7.46. The van der Waals surface area contributed by atoms with Gasteiger partial charge in [0.15, 0.2) is 0 Å². The van der Waals surface area contributed by atoms with E-state index >= 15 is 0 Å². The summed E-state index contributed by atoms with van der Waals surface area (Å²) in [6, 6.07) is 13.2. The zero-order valence-electron chi connectivity index (χ0n) is 16.9. The summed E-state index contributed by atoms with van der Waals surface area (Å²) in [5.41, 5.74) is 2.89. The van der Waals surface area contributed by atoms with E-state index in [1.807, 2.05) is 31.2 Å². The van der Waals surface area contributed by atoms with Gasteiger partial charge in [0.2, 0.25) is 5.91 Å². The molecule has 1 aliphatic rings. The van der Waals surface area contributed by atoms with E-state index in [2.05, 4.69) is 15.5 Å². The topological polar surface area (TPSA) is 81.8 Å². The minimum absolute atomic E-state index is 0.211. The molecule has 2 aromatic heterocycles. The third kappa shape index (κ3) is 3.61. The lowest BCUT2D eigenvalue weighted by Gasteiger charge is -2.11. The summed E-state index contributed by atoms with van der Waals surface area (Å²) in [6.07, 6.45) is 3.59. The predicted molar refractivity (Wildman–Crippen MR) is 115 cm³/mol. The second-order valence-corrected chi connectivity index (χ2v) is 7.78. The van der Waals surface area contributed by atoms with Crippen molar-refractivity contribution in [2.24, 2.45) is 0 Å². The maximum atomic E-state index is 13.4. The Balaban J connectivity index is 1.57. The van der Waals surface area contributed by atoms with Crippen molar-refractivity contribution in [1.29, 1.82) is 0 Å². The summed E-state index contributed by atoms with van der Waals surface area (Å²) in [4.78, 5) is 26.0. The van der Waals surface area contributed by atoms with E-state index in [0.29, 0.717) is 22.3 Å². The molecule has 2 heterocycles. The molecule has 8 heteroatoms. The standard InChI is InChI=1S/C23H20FN5O2/c1-14-4-2-3-5-19(14)26-20(30)13-28-23(31)22-18(21(27-28)15-6-7-15)12-25-29(22)17-10-8-16(24)9-11-17/h2-5,8-12,15H,6-7,13H2,1H3,(H,26,30). The summed E-state index contributed by atoms with van der Waals surface area (Å²) < 4.78 is 16.1. The number of aromatic nitrogens is 4. The van der Waals surface area contributed by atoms with Crippen LogP contribution >= 0.6 is 0 Å². The number of hydrogen-bond donors (Lipinski definition) is 1. The van der Waals surface area contributed by atoms with Crippen LogP contribution in [0, 0.1) is 12.7 Å². The zero-order valence-corrected chi connectivity index (χ0v) is 16.9. The molecule has 0 aliphatic heterocycles. The van der Waals surface area contributed by atoms with Crippen LogP contribution in [0.2, 0.25) is 0 Å². The molecular weight excluding hydrogens is 397 g/mol. The first-order valence-electron chi connectivity index (χ1n) is 10.1. The van der Waals surface area contributed by atoms with Gasteiger partial charge < -0.3 is 5.32 Å². The van der Waals surface area contributed by atoms with Crippen LogP contribution in [0.5, 0.6) is 0 Å². The Morgan fingerprint density at radius 2 is 1.90 bits per heavy atom. The van der Waals surface area contributed by atoms with E-state index in [1.54, 1.807) is 18.3 Å². The van der Waals surface area contributed by atoms with E-state index in [4.69, 9.17) is 0 Å². The SMILES string of the molecule is Cc1ccccc1NC(=O)Cn1nc(C2CC2)c2cnn(-c3ccc(F)cc3)c2c1=O. The highest BCUT2D eigenvalue weighted by molar-refractivity contribution is 5.91. The van der Waals surface area contributed by atoms with Gasteiger partial charge in [-0.15, -0.1) is 0 Å². The Labute approximate surface area is 177 Å². The fourth-order valence-electron chi connectivity index (χ4n) is 3.68. The van der Waals surface area contributed by atoms with Crippen LogP contribution in [0.25, 0.3) is 16.6 Å². The molecule has 0 atom stereocenters. The maximum absolute atomic E-state index is 13.4. The number of carbonyl (C=O) groups excluding carboxylic acids is 1. The molecule has 1 fully saturated rings. The largest absolute Gasteiger partial charge is 0.324 e. The summed E-state index contributed by atoms with van der Waals surface area (Å²) in [5.74, 6) is -0.455. The van der Waals surface area contributed by atoms with Crippen molar-refractivity contribution >= 4 is 22.5 Å². The molecule has 0 spiro atoms. The number of anilines is 1. The number of nitrogens with zero attached hydrogens (tertiary/aromatic N) is 4. The number of carbonyl (C=O) groups is 1. The van der Waals surface area contributed by atoms with Crippen molar-refractivity contribution in [3.05, 3.63) is 82.2 Å². The summed E-state index contributed by atoms with van der Waals surface area (Å²) in [5, 5.41) is 12.4. The Morgan fingerprint density at radius 3 is 2.61 bits per heavy atom. The van der Waals surface area contributed by atoms with Gasteiger partial charge in [-0.1, -0.05) is 18.2 Å². The van der Waals surface area contributed by atoms with Gasteiger partial charge >= 0.3 is 0 Å². The van der Waals surface area contributed by atoms with Crippen LogP contribution in [0.4, 0.5) is 10.1 Å². The molecule has 31 heavy (non-hydrogen) atoms. The fraction of sp³-hybridized carbons (Fsp3) is 0.217. The number of benzene rings is 2. The van der Waals surface area contributed by atoms with Gasteiger partial charge in [0.05, 0.1) is 17.6 Å². The molecule has 0 radical (unpaired) electrons. The highest BCUT2D eigenvalue weighted by Crippen LogP contribution is 2.41. The van der Waals surface area contributed by atoms with Crippen molar-refractivity contribution in [3.63, 3.8) is 0 Å². The first kappa shape index (κ1) is 19.2. The highest BCUT2D eigenvalue weighted by Gasteiger charge is 2.30.